The van der Waals surface area contributed by atoms with E-state index in [2.05, 4.69) is 53.3 Å². The van der Waals surface area contributed by atoms with Gasteiger partial charge in [0.15, 0.2) is 0 Å². The van der Waals surface area contributed by atoms with Crippen LogP contribution in [0.25, 0.3) is 10.8 Å². The molecule has 1 unspecified atom stereocenters. The highest BCUT2D eigenvalue weighted by molar-refractivity contribution is 9.10. The Balaban J connectivity index is 2.10. The number of nitrogens with one attached hydrogen (secondary N) is 1. The normalized spacial score (nSPS) is 12.6. The van der Waals surface area contributed by atoms with Crippen molar-refractivity contribution in [2.24, 2.45) is 0 Å². The topological polar surface area (TPSA) is 21.3 Å². The predicted octanol–water partition coefficient (Wildman–Crippen LogP) is 4.37. The van der Waals surface area contributed by atoms with Gasteiger partial charge >= 0.3 is 0 Å². The largest absolute Gasteiger partial charge is 0.488 e. The van der Waals surface area contributed by atoms with Crippen LogP contribution in [-0.2, 0) is 0 Å². The number of ether oxygens (including phenoxy) is 1. The molecule has 0 aliphatic rings. The van der Waals surface area contributed by atoms with Crippen molar-refractivity contribution < 1.29 is 4.74 Å². The molecule has 0 aliphatic heterocycles. The van der Waals surface area contributed by atoms with E-state index >= 15 is 0 Å². The van der Waals surface area contributed by atoms with Gasteiger partial charge in [-0.25, -0.2) is 0 Å². The molecule has 102 valence electrons. The Morgan fingerprint density at radius 1 is 1.21 bits per heavy atom. The highest BCUT2D eigenvalue weighted by Gasteiger charge is 2.09. The zero-order valence-electron chi connectivity index (χ0n) is 11.4. The summed E-state index contributed by atoms with van der Waals surface area (Å²) >= 11 is 3.65. The Morgan fingerprint density at radius 3 is 2.79 bits per heavy atom. The maximum absolute atomic E-state index is 5.99. The van der Waals surface area contributed by atoms with E-state index in [0.29, 0.717) is 0 Å². The van der Waals surface area contributed by atoms with Crippen LogP contribution in [0.15, 0.2) is 40.9 Å². The fourth-order valence-electron chi connectivity index (χ4n) is 2.05. The minimum Gasteiger partial charge on any atom is -0.488 e. The summed E-state index contributed by atoms with van der Waals surface area (Å²) < 4.78 is 7.03. The molecule has 0 spiro atoms. The molecule has 0 amide bonds. The fourth-order valence-corrected chi connectivity index (χ4v) is 2.63. The lowest BCUT2D eigenvalue weighted by Gasteiger charge is -2.17. The van der Waals surface area contributed by atoms with Gasteiger partial charge in [0.25, 0.3) is 0 Å². The van der Waals surface area contributed by atoms with Crippen molar-refractivity contribution in [1.82, 2.24) is 5.32 Å². The first-order chi connectivity index (χ1) is 9.22. The molecule has 2 aromatic rings. The van der Waals surface area contributed by atoms with Crippen LogP contribution >= 0.6 is 15.9 Å². The van der Waals surface area contributed by atoms with Gasteiger partial charge in [0.1, 0.15) is 11.9 Å². The molecular formula is C16H20BrNO. The highest BCUT2D eigenvalue weighted by Crippen LogP contribution is 2.33. The summed E-state index contributed by atoms with van der Waals surface area (Å²) in [6.07, 6.45) is 1.30. The first-order valence-electron chi connectivity index (χ1n) is 6.77. The number of hydrogen-bond acceptors (Lipinski definition) is 2. The van der Waals surface area contributed by atoms with Gasteiger partial charge in [-0.2, -0.15) is 0 Å². The highest BCUT2D eigenvalue weighted by atomic mass is 79.9. The van der Waals surface area contributed by atoms with E-state index in [9.17, 15) is 0 Å². The van der Waals surface area contributed by atoms with Gasteiger partial charge in [-0.05, 0) is 52.7 Å². The van der Waals surface area contributed by atoms with Gasteiger partial charge in [0, 0.05) is 6.54 Å². The molecule has 0 saturated heterocycles. The zero-order valence-corrected chi connectivity index (χ0v) is 13.0. The van der Waals surface area contributed by atoms with Gasteiger partial charge in [0.05, 0.1) is 4.47 Å². The van der Waals surface area contributed by atoms with E-state index < -0.39 is 0 Å². The van der Waals surface area contributed by atoms with E-state index in [1.54, 1.807) is 0 Å². The molecule has 19 heavy (non-hydrogen) atoms. The Morgan fingerprint density at radius 2 is 2.00 bits per heavy atom. The number of benzene rings is 2. The Kier molecular flexibility index (Phi) is 5.23. The van der Waals surface area contributed by atoms with E-state index in [1.165, 1.54) is 10.8 Å². The Hall–Kier alpha value is -1.06. The zero-order chi connectivity index (χ0) is 13.7. The smallest absolute Gasteiger partial charge is 0.134 e. The lowest BCUT2D eigenvalue weighted by Crippen LogP contribution is -2.29. The van der Waals surface area contributed by atoms with Crippen molar-refractivity contribution in [3.8, 4) is 5.75 Å². The molecule has 0 aromatic heterocycles. The van der Waals surface area contributed by atoms with Crippen molar-refractivity contribution in [3.05, 3.63) is 40.9 Å². The SMILES string of the molecule is CCCNCC(C)Oc1ccc2ccccc2c1Br. The third kappa shape index (κ3) is 3.71. The van der Waals surface area contributed by atoms with Crippen LogP contribution in [0, 0.1) is 0 Å². The third-order valence-corrected chi connectivity index (χ3v) is 3.83. The molecule has 1 N–H and O–H groups in total. The maximum Gasteiger partial charge on any atom is 0.134 e. The molecular weight excluding hydrogens is 302 g/mol. The van der Waals surface area contributed by atoms with E-state index in [-0.39, 0.29) is 6.10 Å². The molecule has 0 heterocycles. The van der Waals surface area contributed by atoms with E-state index in [1.807, 2.05) is 18.2 Å². The van der Waals surface area contributed by atoms with Crippen molar-refractivity contribution in [3.63, 3.8) is 0 Å². The predicted molar refractivity (Wildman–Crippen MR) is 84.9 cm³/mol. The number of rotatable bonds is 6. The number of halogens is 1. The van der Waals surface area contributed by atoms with Crippen LogP contribution < -0.4 is 10.1 Å². The molecule has 0 fully saturated rings. The van der Waals surface area contributed by atoms with Crippen molar-refractivity contribution in [2.75, 3.05) is 13.1 Å². The first kappa shape index (κ1) is 14.4. The van der Waals surface area contributed by atoms with Gasteiger partial charge in [-0.15, -0.1) is 0 Å². The fraction of sp³-hybridized carbons (Fsp3) is 0.375. The lowest BCUT2D eigenvalue weighted by atomic mass is 10.1. The maximum atomic E-state index is 5.99. The number of fused-ring (bicyclic) bond motifs is 1. The summed E-state index contributed by atoms with van der Waals surface area (Å²) in [4.78, 5) is 0. The molecule has 2 rings (SSSR count). The van der Waals surface area contributed by atoms with Crippen LogP contribution in [0.3, 0.4) is 0 Å². The second kappa shape index (κ2) is 6.92. The van der Waals surface area contributed by atoms with E-state index in [0.717, 1.165) is 29.7 Å². The molecule has 2 aromatic carbocycles. The van der Waals surface area contributed by atoms with Crippen LogP contribution in [0.4, 0.5) is 0 Å². The monoisotopic (exact) mass is 321 g/mol. The summed E-state index contributed by atoms with van der Waals surface area (Å²) in [5.41, 5.74) is 0. The molecule has 1 atom stereocenters. The van der Waals surface area contributed by atoms with Crippen LogP contribution in [-0.4, -0.2) is 19.2 Å². The first-order valence-corrected chi connectivity index (χ1v) is 7.56. The van der Waals surface area contributed by atoms with Crippen molar-refractivity contribution in [2.45, 2.75) is 26.4 Å². The second-order valence-corrected chi connectivity index (χ2v) is 5.52. The van der Waals surface area contributed by atoms with Crippen molar-refractivity contribution >= 4 is 26.7 Å². The molecule has 0 aliphatic carbocycles. The van der Waals surface area contributed by atoms with Gasteiger partial charge in [-0.3, -0.25) is 0 Å². The minimum absolute atomic E-state index is 0.156. The van der Waals surface area contributed by atoms with Gasteiger partial charge in [-0.1, -0.05) is 37.3 Å². The molecule has 3 heteroatoms. The summed E-state index contributed by atoms with van der Waals surface area (Å²) in [7, 11) is 0. The van der Waals surface area contributed by atoms with Crippen LogP contribution in [0.1, 0.15) is 20.3 Å². The number of hydrogen-bond donors (Lipinski definition) is 1. The summed E-state index contributed by atoms with van der Waals surface area (Å²) in [5, 5.41) is 5.78. The lowest BCUT2D eigenvalue weighted by molar-refractivity contribution is 0.216. The summed E-state index contributed by atoms with van der Waals surface area (Å²) in [6.45, 7) is 6.16. The molecule has 0 bridgehead atoms. The minimum atomic E-state index is 0.156. The summed E-state index contributed by atoms with van der Waals surface area (Å²) in [6, 6.07) is 12.4. The Bertz CT molecular complexity index is 541. The molecule has 2 nitrogen and oxygen atoms in total. The van der Waals surface area contributed by atoms with Crippen LogP contribution in [0.5, 0.6) is 5.75 Å². The van der Waals surface area contributed by atoms with Gasteiger partial charge in [0.2, 0.25) is 0 Å². The third-order valence-electron chi connectivity index (χ3n) is 3.01. The summed E-state index contributed by atoms with van der Waals surface area (Å²) in [5.74, 6) is 0.907. The van der Waals surface area contributed by atoms with Crippen LogP contribution in [0.2, 0.25) is 0 Å². The second-order valence-electron chi connectivity index (χ2n) is 4.73. The molecule has 0 radical (unpaired) electrons. The standard InChI is InChI=1S/C16H20BrNO/c1-3-10-18-11-12(2)19-15-9-8-13-6-4-5-7-14(13)16(15)17/h4-9,12,18H,3,10-11H2,1-2H3. The Labute approximate surface area is 123 Å². The average molecular weight is 322 g/mol. The average Bonchev–Trinajstić information content (AvgIpc) is 2.43. The quantitative estimate of drug-likeness (QED) is 0.798. The van der Waals surface area contributed by atoms with Crippen molar-refractivity contribution in [1.29, 1.82) is 0 Å². The van der Waals surface area contributed by atoms with E-state index in [4.69, 9.17) is 4.74 Å². The van der Waals surface area contributed by atoms with Gasteiger partial charge < -0.3 is 10.1 Å². The molecule has 0 saturated carbocycles.